The summed E-state index contributed by atoms with van der Waals surface area (Å²) in [4.78, 5) is 0. The van der Waals surface area contributed by atoms with Crippen LogP contribution >= 0.6 is 0 Å². The van der Waals surface area contributed by atoms with E-state index >= 15 is 0 Å². The molecule has 0 rings (SSSR count). The van der Waals surface area contributed by atoms with Gasteiger partial charge in [0, 0.05) is 13.2 Å². The van der Waals surface area contributed by atoms with Crippen LogP contribution in [0, 0.1) is 5.41 Å². The van der Waals surface area contributed by atoms with Crippen LogP contribution in [-0.4, -0.2) is 26.6 Å². The highest BCUT2D eigenvalue weighted by Gasteiger charge is 2.37. The molecule has 0 aromatic rings. The van der Waals surface area contributed by atoms with Crippen LogP contribution in [0.25, 0.3) is 0 Å². The Kier molecular flexibility index (Phi) is 7.12. The van der Waals surface area contributed by atoms with Crippen molar-refractivity contribution in [1.82, 2.24) is 0 Å². The third-order valence-corrected chi connectivity index (χ3v) is 8.85. The van der Waals surface area contributed by atoms with E-state index in [0.717, 1.165) is 25.9 Å². The minimum Gasteiger partial charge on any atom is -0.417 e. The smallest absolute Gasteiger partial charge is 0.191 e. The summed E-state index contributed by atoms with van der Waals surface area (Å²) in [7, 11) is -1.58. The first kappa shape index (κ1) is 18.1. The fourth-order valence-corrected chi connectivity index (χ4v) is 2.68. The van der Waals surface area contributed by atoms with Gasteiger partial charge in [0.15, 0.2) is 8.32 Å². The molecule has 0 saturated carbocycles. The third kappa shape index (κ3) is 6.91. The molecule has 0 amide bonds. The van der Waals surface area contributed by atoms with E-state index in [1.807, 2.05) is 0 Å². The molecule has 0 aromatic heterocycles. The van der Waals surface area contributed by atoms with Crippen molar-refractivity contribution in [2.45, 2.75) is 78.4 Å². The SMILES string of the molecule is CC(C)(CCCCO)CCO[Si](C)(C)C(C)(C)C. The van der Waals surface area contributed by atoms with Gasteiger partial charge in [-0.3, -0.25) is 0 Å². The molecule has 0 bridgehead atoms. The second-order valence-corrected chi connectivity index (χ2v) is 12.5. The highest BCUT2D eigenvalue weighted by Crippen LogP contribution is 2.37. The molecular formula is C15H34O2Si. The van der Waals surface area contributed by atoms with Gasteiger partial charge < -0.3 is 9.53 Å². The van der Waals surface area contributed by atoms with Gasteiger partial charge in [-0.2, -0.15) is 0 Å². The predicted molar refractivity (Wildman–Crippen MR) is 82.5 cm³/mol. The summed E-state index contributed by atoms with van der Waals surface area (Å²) in [6, 6.07) is 0. The minimum absolute atomic E-state index is 0.300. The molecule has 3 heteroatoms. The fraction of sp³-hybridized carbons (Fsp3) is 1.00. The van der Waals surface area contributed by atoms with Gasteiger partial charge >= 0.3 is 0 Å². The molecule has 0 heterocycles. The van der Waals surface area contributed by atoms with Crippen molar-refractivity contribution in [1.29, 1.82) is 0 Å². The zero-order chi connectivity index (χ0) is 14.4. The second-order valence-electron chi connectivity index (χ2n) is 7.70. The van der Waals surface area contributed by atoms with Gasteiger partial charge in [-0.05, 0) is 42.8 Å². The van der Waals surface area contributed by atoms with Gasteiger partial charge in [0.05, 0.1) is 0 Å². The van der Waals surface area contributed by atoms with Gasteiger partial charge in [-0.25, -0.2) is 0 Å². The van der Waals surface area contributed by atoms with E-state index in [4.69, 9.17) is 9.53 Å². The Morgan fingerprint density at radius 2 is 1.50 bits per heavy atom. The molecule has 18 heavy (non-hydrogen) atoms. The fourth-order valence-electron chi connectivity index (χ4n) is 1.64. The standard InChI is InChI=1S/C15H34O2Si/c1-14(2,3)18(6,7)17-13-11-15(4,5)10-8-9-12-16/h16H,8-13H2,1-7H3. The van der Waals surface area contributed by atoms with Crippen molar-refractivity contribution < 1.29 is 9.53 Å². The van der Waals surface area contributed by atoms with Crippen LogP contribution in [0.5, 0.6) is 0 Å². The first-order chi connectivity index (χ1) is 8.02. The summed E-state index contributed by atoms with van der Waals surface area (Å²) in [5.74, 6) is 0. The highest BCUT2D eigenvalue weighted by atomic mass is 28.4. The number of hydrogen-bond acceptors (Lipinski definition) is 2. The molecule has 0 aliphatic heterocycles. The average Bonchev–Trinajstić information content (AvgIpc) is 2.15. The molecule has 1 N–H and O–H groups in total. The molecule has 110 valence electrons. The van der Waals surface area contributed by atoms with Crippen molar-refractivity contribution in [2.75, 3.05) is 13.2 Å². The minimum atomic E-state index is -1.58. The molecule has 0 aliphatic rings. The van der Waals surface area contributed by atoms with Crippen LogP contribution in [0.4, 0.5) is 0 Å². The predicted octanol–water partition coefficient (Wildman–Crippen LogP) is 4.59. The van der Waals surface area contributed by atoms with Gasteiger partial charge in [0.1, 0.15) is 0 Å². The molecule has 0 aromatic carbocycles. The summed E-state index contributed by atoms with van der Waals surface area (Å²) < 4.78 is 6.23. The lowest BCUT2D eigenvalue weighted by molar-refractivity contribution is 0.195. The van der Waals surface area contributed by atoms with E-state index in [1.54, 1.807) is 0 Å². The Bertz CT molecular complexity index is 229. The Hall–Kier alpha value is 0.137. The van der Waals surface area contributed by atoms with Crippen LogP contribution in [-0.2, 0) is 4.43 Å². The topological polar surface area (TPSA) is 29.5 Å². The Balaban J connectivity index is 4.02. The molecule has 0 atom stereocenters. The van der Waals surface area contributed by atoms with E-state index in [0.29, 0.717) is 17.1 Å². The summed E-state index contributed by atoms with van der Waals surface area (Å²) in [5, 5.41) is 9.12. The number of hydrogen-bond donors (Lipinski definition) is 1. The lowest BCUT2D eigenvalue weighted by Crippen LogP contribution is -2.41. The molecule has 0 aliphatic carbocycles. The summed E-state index contributed by atoms with van der Waals surface area (Å²) in [6.45, 7) is 17.3. The van der Waals surface area contributed by atoms with Gasteiger partial charge in [-0.1, -0.05) is 41.0 Å². The first-order valence-electron chi connectivity index (χ1n) is 7.27. The Morgan fingerprint density at radius 1 is 0.944 bits per heavy atom. The van der Waals surface area contributed by atoms with Gasteiger partial charge in [0.25, 0.3) is 0 Å². The van der Waals surface area contributed by atoms with E-state index < -0.39 is 8.32 Å². The van der Waals surface area contributed by atoms with Crippen LogP contribution in [0.3, 0.4) is 0 Å². The third-order valence-electron chi connectivity index (χ3n) is 4.31. The van der Waals surface area contributed by atoms with Crippen molar-refractivity contribution in [2.24, 2.45) is 5.41 Å². The zero-order valence-electron chi connectivity index (χ0n) is 13.6. The molecule has 2 nitrogen and oxygen atoms in total. The van der Waals surface area contributed by atoms with Crippen molar-refractivity contribution in [3.05, 3.63) is 0 Å². The first-order valence-corrected chi connectivity index (χ1v) is 10.2. The summed E-state index contributed by atoms with van der Waals surface area (Å²) in [6.07, 6.45) is 4.33. The number of rotatable bonds is 8. The molecule has 0 unspecified atom stereocenters. The molecule has 0 saturated heterocycles. The lowest BCUT2D eigenvalue weighted by Gasteiger charge is -2.37. The molecule has 0 fully saturated rings. The zero-order valence-corrected chi connectivity index (χ0v) is 14.6. The Morgan fingerprint density at radius 3 is 1.94 bits per heavy atom. The second kappa shape index (κ2) is 7.06. The van der Waals surface area contributed by atoms with Gasteiger partial charge in [0.2, 0.25) is 0 Å². The summed E-state index contributed by atoms with van der Waals surface area (Å²) >= 11 is 0. The molecule has 0 radical (unpaired) electrons. The van der Waals surface area contributed by atoms with Gasteiger partial charge in [-0.15, -0.1) is 0 Å². The van der Waals surface area contributed by atoms with Crippen LogP contribution in [0.2, 0.25) is 18.1 Å². The van der Waals surface area contributed by atoms with Crippen LogP contribution in [0.1, 0.15) is 60.3 Å². The van der Waals surface area contributed by atoms with E-state index in [-0.39, 0.29) is 0 Å². The van der Waals surface area contributed by atoms with Crippen molar-refractivity contribution in [3.63, 3.8) is 0 Å². The normalized spacial score (nSPS) is 14.0. The maximum absolute atomic E-state index is 8.82. The highest BCUT2D eigenvalue weighted by molar-refractivity contribution is 6.74. The summed E-state index contributed by atoms with van der Waals surface area (Å²) in [5.41, 5.74) is 0.331. The monoisotopic (exact) mass is 274 g/mol. The van der Waals surface area contributed by atoms with Crippen molar-refractivity contribution >= 4 is 8.32 Å². The number of aliphatic hydroxyl groups is 1. The van der Waals surface area contributed by atoms with E-state index in [1.165, 1.54) is 6.42 Å². The number of aliphatic hydroxyl groups excluding tert-OH is 1. The van der Waals surface area contributed by atoms with Crippen LogP contribution < -0.4 is 0 Å². The average molecular weight is 275 g/mol. The largest absolute Gasteiger partial charge is 0.417 e. The maximum Gasteiger partial charge on any atom is 0.191 e. The van der Waals surface area contributed by atoms with Crippen LogP contribution in [0.15, 0.2) is 0 Å². The Labute approximate surface area is 115 Å². The van der Waals surface area contributed by atoms with E-state index in [9.17, 15) is 0 Å². The van der Waals surface area contributed by atoms with Crippen molar-refractivity contribution in [3.8, 4) is 0 Å². The number of unbranched alkanes of at least 4 members (excludes halogenated alkanes) is 1. The lowest BCUT2D eigenvalue weighted by atomic mass is 9.84. The van der Waals surface area contributed by atoms with E-state index in [2.05, 4.69) is 47.7 Å². The molecule has 0 spiro atoms. The maximum atomic E-state index is 8.82. The molecular weight excluding hydrogens is 240 g/mol. The quantitative estimate of drug-likeness (QED) is 0.518.